The van der Waals surface area contributed by atoms with Crippen molar-refractivity contribution in [2.75, 3.05) is 12.0 Å². The topological polar surface area (TPSA) is 79.7 Å². The van der Waals surface area contributed by atoms with Crippen LogP contribution in [0, 0.1) is 6.92 Å². The summed E-state index contributed by atoms with van der Waals surface area (Å²) in [5.41, 5.74) is 2.95. The highest BCUT2D eigenvalue weighted by Crippen LogP contribution is 2.44. The van der Waals surface area contributed by atoms with Crippen LogP contribution >= 0.6 is 27.3 Å². The zero-order chi connectivity index (χ0) is 24.0. The molecule has 0 spiro atoms. The Morgan fingerprint density at radius 3 is 2.44 bits per heavy atom. The van der Waals surface area contributed by atoms with Gasteiger partial charge in [-0.25, -0.2) is 4.98 Å². The Labute approximate surface area is 208 Å². The van der Waals surface area contributed by atoms with E-state index in [0.29, 0.717) is 22.0 Å². The number of aryl methyl sites for hydroxylation is 1. The van der Waals surface area contributed by atoms with Crippen LogP contribution in [0.5, 0.6) is 5.75 Å². The number of fused-ring (bicyclic) bond motifs is 1. The van der Waals surface area contributed by atoms with Crippen LogP contribution in [0.2, 0.25) is 0 Å². The minimum Gasteiger partial charge on any atom is -0.507 e. The molecule has 34 heavy (non-hydrogen) atoms. The van der Waals surface area contributed by atoms with Gasteiger partial charge < -0.3 is 9.84 Å². The van der Waals surface area contributed by atoms with Gasteiger partial charge >= 0.3 is 5.91 Å². The molecule has 1 saturated heterocycles. The number of carbonyl (C=O) groups is 2. The zero-order valence-electron chi connectivity index (χ0n) is 18.3. The van der Waals surface area contributed by atoms with Gasteiger partial charge in [-0.2, -0.15) is 0 Å². The number of amides is 1. The van der Waals surface area contributed by atoms with Gasteiger partial charge in [0.05, 0.1) is 28.9 Å². The van der Waals surface area contributed by atoms with E-state index >= 15 is 0 Å². The van der Waals surface area contributed by atoms with E-state index in [1.165, 1.54) is 16.2 Å². The van der Waals surface area contributed by atoms with Crippen LogP contribution in [0.25, 0.3) is 16.0 Å². The van der Waals surface area contributed by atoms with Crippen LogP contribution in [0.3, 0.4) is 0 Å². The van der Waals surface area contributed by atoms with E-state index in [2.05, 4.69) is 20.9 Å². The molecular weight excluding hydrogens is 516 g/mol. The van der Waals surface area contributed by atoms with Crippen molar-refractivity contribution in [3.05, 3.63) is 93.5 Å². The number of aliphatic hydroxyl groups excluding tert-OH is 1. The molecule has 0 saturated carbocycles. The van der Waals surface area contributed by atoms with Gasteiger partial charge in [0, 0.05) is 10.0 Å². The van der Waals surface area contributed by atoms with Gasteiger partial charge in [0.1, 0.15) is 11.5 Å². The number of hydrogen-bond acceptors (Lipinski definition) is 6. The number of ketones is 1. The molecule has 1 aliphatic heterocycles. The maximum atomic E-state index is 13.3. The summed E-state index contributed by atoms with van der Waals surface area (Å²) >= 11 is 4.77. The lowest BCUT2D eigenvalue weighted by Crippen LogP contribution is -2.29. The number of rotatable bonds is 4. The predicted octanol–water partition coefficient (Wildman–Crippen LogP) is 6.00. The number of ether oxygens (including phenoxy) is 1. The third-order valence-electron chi connectivity index (χ3n) is 5.73. The molecule has 1 N–H and O–H groups in total. The van der Waals surface area contributed by atoms with Crippen molar-refractivity contribution >= 4 is 60.1 Å². The molecule has 0 aliphatic carbocycles. The maximum absolute atomic E-state index is 13.3. The number of nitrogens with zero attached hydrogens (tertiary/aromatic N) is 2. The van der Waals surface area contributed by atoms with Crippen LogP contribution in [0.4, 0.5) is 5.13 Å². The van der Waals surface area contributed by atoms with Crippen molar-refractivity contribution in [3.63, 3.8) is 0 Å². The van der Waals surface area contributed by atoms with E-state index in [4.69, 9.17) is 4.74 Å². The molecule has 0 unspecified atom stereocenters. The number of thiazole rings is 1. The third kappa shape index (κ3) is 3.78. The summed E-state index contributed by atoms with van der Waals surface area (Å²) in [6.07, 6.45) is 0. The molecule has 1 aromatic heterocycles. The second-order valence-corrected chi connectivity index (χ2v) is 9.84. The first kappa shape index (κ1) is 22.3. The van der Waals surface area contributed by atoms with Crippen molar-refractivity contribution in [3.8, 4) is 5.75 Å². The second-order valence-electron chi connectivity index (χ2n) is 7.92. The molecular formula is C26H19BrN2O4S. The summed E-state index contributed by atoms with van der Waals surface area (Å²) in [5.74, 6) is -1.10. The van der Waals surface area contributed by atoms with E-state index < -0.39 is 17.7 Å². The Morgan fingerprint density at radius 2 is 1.76 bits per heavy atom. The van der Waals surface area contributed by atoms with Crippen molar-refractivity contribution in [1.82, 2.24) is 4.98 Å². The normalized spacial score (nSPS) is 17.5. The number of halogens is 1. The highest BCUT2D eigenvalue weighted by molar-refractivity contribution is 9.10. The summed E-state index contributed by atoms with van der Waals surface area (Å²) < 4.78 is 6.97. The van der Waals surface area contributed by atoms with Crippen molar-refractivity contribution in [1.29, 1.82) is 0 Å². The fraction of sp³-hybridized carbons (Fsp3) is 0.115. The molecule has 5 rings (SSSR count). The number of Topliss-reactive ketones (excluding diaryl/α,β-unsaturated/α-hetero) is 1. The molecule has 0 radical (unpaired) electrons. The average molecular weight is 535 g/mol. The van der Waals surface area contributed by atoms with Crippen LogP contribution in [0.15, 0.2) is 76.8 Å². The molecule has 2 heterocycles. The molecule has 1 aliphatic rings. The Balaban J connectivity index is 1.71. The van der Waals surface area contributed by atoms with Crippen molar-refractivity contribution < 1.29 is 19.4 Å². The predicted molar refractivity (Wildman–Crippen MR) is 136 cm³/mol. The van der Waals surface area contributed by atoms with E-state index in [-0.39, 0.29) is 11.3 Å². The van der Waals surface area contributed by atoms with Gasteiger partial charge in [-0.15, -0.1) is 0 Å². The molecule has 8 heteroatoms. The highest BCUT2D eigenvalue weighted by Gasteiger charge is 2.48. The number of anilines is 1. The minimum atomic E-state index is -0.822. The zero-order valence-corrected chi connectivity index (χ0v) is 20.7. The quantitative estimate of drug-likeness (QED) is 0.197. The van der Waals surface area contributed by atoms with Gasteiger partial charge in [0.25, 0.3) is 5.78 Å². The highest BCUT2D eigenvalue weighted by atomic mass is 79.9. The first-order chi connectivity index (χ1) is 16.4. The number of carbonyl (C=O) groups excluding carboxylic acids is 2. The average Bonchev–Trinajstić information content (AvgIpc) is 3.37. The summed E-state index contributed by atoms with van der Waals surface area (Å²) in [4.78, 5) is 32.6. The van der Waals surface area contributed by atoms with Gasteiger partial charge in [0.15, 0.2) is 5.13 Å². The Bertz CT molecular complexity index is 1460. The number of aliphatic hydroxyl groups is 1. The fourth-order valence-electron chi connectivity index (χ4n) is 4.02. The van der Waals surface area contributed by atoms with Crippen LogP contribution < -0.4 is 9.64 Å². The number of hydrogen-bond donors (Lipinski definition) is 1. The number of methoxy groups -OCH3 is 1. The van der Waals surface area contributed by atoms with E-state index in [9.17, 15) is 14.7 Å². The van der Waals surface area contributed by atoms with Crippen LogP contribution in [-0.2, 0) is 9.59 Å². The number of aromatic nitrogens is 1. The molecule has 1 fully saturated rings. The maximum Gasteiger partial charge on any atom is 0.301 e. The molecule has 4 aromatic rings. The van der Waals surface area contributed by atoms with E-state index in [1.54, 1.807) is 31.4 Å². The molecule has 1 amide bonds. The largest absolute Gasteiger partial charge is 0.507 e. The Kier molecular flexibility index (Phi) is 5.71. The van der Waals surface area contributed by atoms with E-state index in [0.717, 1.165) is 20.3 Å². The standard InChI is InChI=1S/C26H19BrN2O4S/c1-14-3-12-19-20(13-14)34-26(28-19)29-22(15-4-8-17(27)9-5-15)21(24(31)25(29)32)23(30)16-6-10-18(33-2)11-7-16/h3-13,22,30H,1-2H3/t22-/m1/s1. The van der Waals surface area contributed by atoms with Crippen molar-refractivity contribution in [2.45, 2.75) is 13.0 Å². The van der Waals surface area contributed by atoms with Crippen LogP contribution in [0.1, 0.15) is 22.7 Å². The SMILES string of the molecule is COc1ccc(C(O)=C2C(=O)C(=O)N(c3nc4ccc(C)cc4s3)[C@@H]2c2ccc(Br)cc2)cc1. The van der Waals surface area contributed by atoms with Gasteiger partial charge in [-0.3, -0.25) is 14.5 Å². The molecule has 1 atom stereocenters. The first-order valence-electron chi connectivity index (χ1n) is 10.5. The first-order valence-corrected chi connectivity index (χ1v) is 12.1. The molecule has 3 aromatic carbocycles. The lowest BCUT2D eigenvalue weighted by molar-refractivity contribution is -0.132. The lowest BCUT2D eigenvalue weighted by Gasteiger charge is -2.23. The smallest absolute Gasteiger partial charge is 0.301 e. The third-order valence-corrected chi connectivity index (χ3v) is 7.28. The fourth-order valence-corrected chi connectivity index (χ4v) is 5.37. The number of benzene rings is 3. The Hall–Kier alpha value is -3.49. The summed E-state index contributed by atoms with van der Waals surface area (Å²) in [7, 11) is 1.55. The summed E-state index contributed by atoms with van der Waals surface area (Å²) in [6, 6.07) is 19.0. The molecule has 6 nitrogen and oxygen atoms in total. The van der Waals surface area contributed by atoms with Gasteiger partial charge in [-0.1, -0.05) is 45.5 Å². The monoisotopic (exact) mass is 534 g/mol. The molecule has 0 bridgehead atoms. The van der Waals surface area contributed by atoms with Crippen molar-refractivity contribution in [2.24, 2.45) is 0 Å². The Morgan fingerprint density at radius 1 is 1.06 bits per heavy atom. The summed E-state index contributed by atoms with van der Waals surface area (Å²) in [6.45, 7) is 1.99. The van der Waals surface area contributed by atoms with Gasteiger partial charge in [0.2, 0.25) is 0 Å². The summed E-state index contributed by atoms with van der Waals surface area (Å²) in [5, 5.41) is 11.6. The second kappa shape index (κ2) is 8.70. The van der Waals surface area contributed by atoms with Crippen LogP contribution in [-0.4, -0.2) is 28.9 Å². The van der Waals surface area contributed by atoms with E-state index in [1.807, 2.05) is 49.4 Å². The van der Waals surface area contributed by atoms with Gasteiger partial charge in [-0.05, 0) is 66.6 Å². The minimum absolute atomic E-state index is 0.0212. The lowest BCUT2D eigenvalue weighted by atomic mass is 9.95. The molecule has 170 valence electrons.